The molecule has 2 rings (SSSR count). The molecule has 0 radical (unpaired) electrons. The highest BCUT2D eigenvalue weighted by atomic mass is 31.1. The summed E-state index contributed by atoms with van der Waals surface area (Å²) in [7, 11) is 6.54. The number of para-hydroxylation sites is 2. The zero-order chi connectivity index (χ0) is 17.4. The van der Waals surface area contributed by atoms with E-state index in [4.69, 9.17) is 18.9 Å². The van der Waals surface area contributed by atoms with Crippen LogP contribution in [-0.2, 0) is 9.47 Å². The van der Waals surface area contributed by atoms with Crippen molar-refractivity contribution in [3.63, 3.8) is 0 Å². The molecule has 0 fully saturated rings. The first kappa shape index (κ1) is 18.7. The van der Waals surface area contributed by atoms with Crippen LogP contribution in [0.2, 0.25) is 0 Å². The molecule has 5 nitrogen and oxygen atoms in total. The third-order valence-corrected chi connectivity index (χ3v) is 5.70. The molecule has 0 amide bonds. The van der Waals surface area contributed by atoms with Crippen LogP contribution in [-0.4, -0.2) is 46.6 Å². The van der Waals surface area contributed by atoms with E-state index in [0.717, 1.165) is 22.1 Å². The van der Waals surface area contributed by atoms with E-state index >= 15 is 0 Å². The number of hydrogen-bond donors (Lipinski definition) is 0. The van der Waals surface area contributed by atoms with E-state index in [2.05, 4.69) is 30.9 Å². The summed E-state index contributed by atoms with van der Waals surface area (Å²) in [5.74, 6) is 1.64. The van der Waals surface area contributed by atoms with Gasteiger partial charge in [0, 0.05) is 32.9 Å². The van der Waals surface area contributed by atoms with E-state index in [9.17, 15) is 0 Å². The van der Waals surface area contributed by atoms with Crippen molar-refractivity contribution in [1.82, 2.24) is 4.67 Å². The van der Waals surface area contributed by atoms with E-state index in [1.165, 1.54) is 0 Å². The van der Waals surface area contributed by atoms with Gasteiger partial charge in [0.2, 0.25) is 0 Å². The third kappa shape index (κ3) is 4.68. The number of ether oxygens (including phenoxy) is 4. The number of hydrogen-bond acceptors (Lipinski definition) is 5. The molecule has 0 aliphatic rings. The van der Waals surface area contributed by atoms with Crippen molar-refractivity contribution in [2.75, 3.05) is 41.9 Å². The predicted octanol–water partition coefficient (Wildman–Crippen LogP) is 2.56. The van der Waals surface area contributed by atoms with Crippen molar-refractivity contribution in [1.29, 1.82) is 0 Å². The highest BCUT2D eigenvalue weighted by Crippen LogP contribution is 2.41. The normalized spacial score (nSPS) is 11.1. The van der Waals surface area contributed by atoms with Crippen LogP contribution in [0.15, 0.2) is 48.5 Å². The Balaban J connectivity index is 2.44. The van der Waals surface area contributed by atoms with Gasteiger partial charge < -0.3 is 18.9 Å². The van der Waals surface area contributed by atoms with E-state index in [0.29, 0.717) is 0 Å². The molecule has 0 spiro atoms. The summed E-state index contributed by atoms with van der Waals surface area (Å²) in [4.78, 5) is 0. The molecule has 0 aliphatic heterocycles. The Hall–Kier alpha value is -1.65. The topological polar surface area (TPSA) is 40.2 Å². The Morgan fingerprint density at radius 2 is 1.17 bits per heavy atom. The summed E-state index contributed by atoms with van der Waals surface area (Å²) in [5, 5.41) is 2.23. The van der Waals surface area contributed by atoms with Crippen LogP contribution >= 0.6 is 8.07 Å². The van der Waals surface area contributed by atoms with Gasteiger partial charge in [0.05, 0.1) is 0 Å². The lowest BCUT2D eigenvalue weighted by Gasteiger charge is -2.28. The van der Waals surface area contributed by atoms with E-state index < -0.39 is 8.07 Å². The molecule has 0 aromatic heterocycles. The maximum atomic E-state index is 5.76. The molecule has 6 heteroatoms. The number of nitrogens with zero attached hydrogens (tertiary/aromatic N) is 1. The van der Waals surface area contributed by atoms with Crippen LogP contribution in [0.3, 0.4) is 0 Å². The summed E-state index contributed by atoms with van der Waals surface area (Å²) in [6, 6.07) is 16.1. The highest BCUT2D eigenvalue weighted by molar-refractivity contribution is 7.71. The van der Waals surface area contributed by atoms with Crippen molar-refractivity contribution in [2.45, 2.75) is 0 Å². The smallest absolute Gasteiger partial charge is 0.188 e. The van der Waals surface area contributed by atoms with Gasteiger partial charge in [0.1, 0.15) is 11.5 Å². The molecule has 24 heavy (non-hydrogen) atoms. The maximum Gasteiger partial charge on any atom is 0.188 e. The highest BCUT2D eigenvalue weighted by Gasteiger charge is 2.23. The molecule has 2 aromatic carbocycles. The molecule has 0 unspecified atom stereocenters. The van der Waals surface area contributed by atoms with Gasteiger partial charge in [0.25, 0.3) is 0 Å². The van der Waals surface area contributed by atoms with Crippen molar-refractivity contribution in [3.8, 4) is 11.5 Å². The number of benzene rings is 2. The standard InChI is InChI=1S/C18H24NO4P/c1-19(2)24(17-11-7-5-9-15(17)22-13-20-3)18-12-8-6-10-16(18)23-14-21-4/h5-12H,13-14H2,1-4H3. The lowest BCUT2D eigenvalue weighted by molar-refractivity contribution is 0.0518. The zero-order valence-electron chi connectivity index (χ0n) is 14.6. The van der Waals surface area contributed by atoms with Gasteiger partial charge >= 0.3 is 0 Å². The zero-order valence-corrected chi connectivity index (χ0v) is 15.5. The van der Waals surface area contributed by atoms with Crippen LogP contribution < -0.4 is 20.1 Å². The first-order valence-corrected chi connectivity index (χ1v) is 8.87. The van der Waals surface area contributed by atoms with Crippen molar-refractivity contribution >= 4 is 18.7 Å². The average molecular weight is 349 g/mol. The largest absolute Gasteiger partial charge is 0.467 e. The summed E-state index contributed by atoms with van der Waals surface area (Å²) in [5.41, 5.74) is 0. The Morgan fingerprint density at radius 3 is 1.54 bits per heavy atom. The Kier molecular flexibility index (Phi) is 7.47. The lowest BCUT2D eigenvalue weighted by atomic mass is 10.3. The van der Waals surface area contributed by atoms with E-state index in [1.54, 1.807) is 14.2 Å². The maximum absolute atomic E-state index is 5.76. The average Bonchev–Trinajstić information content (AvgIpc) is 2.60. The van der Waals surface area contributed by atoms with Crippen LogP contribution in [0.1, 0.15) is 0 Å². The molecule has 0 saturated carbocycles. The fourth-order valence-corrected chi connectivity index (χ4v) is 4.59. The lowest BCUT2D eigenvalue weighted by Crippen LogP contribution is -2.25. The van der Waals surface area contributed by atoms with Crippen LogP contribution in [0.5, 0.6) is 11.5 Å². The quantitative estimate of drug-likeness (QED) is 0.514. The van der Waals surface area contributed by atoms with Gasteiger partial charge in [-0.15, -0.1) is 0 Å². The van der Waals surface area contributed by atoms with E-state index in [1.807, 2.05) is 36.4 Å². The number of methoxy groups -OCH3 is 2. The van der Waals surface area contributed by atoms with Crippen molar-refractivity contribution in [3.05, 3.63) is 48.5 Å². The van der Waals surface area contributed by atoms with Gasteiger partial charge in [-0.05, 0) is 38.4 Å². The minimum absolute atomic E-state index is 0.218. The summed E-state index contributed by atoms with van der Waals surface area (Å²) in [6.45, 7) is 0.435. The van der Waals surface area contributed by atoms with Gasteiger partial charge in [0.15, 0.2) is 13.6 Å². The van der Waals surface area contributed by atoms with Gasteiger partial charge in [-0.2, -0.15) is 0 Å². The number of rotatable bonds is 9. The second-order valence-electron chi connectivity index (χ2n) is 5.20. The summed E-state index contributed by atoms with van der Waals surface area (Å²) < 4.78 is 23.8. The fraction of sp³-hybridized carbons (Fsp3) is 0.333. The molecule has 0 bridgehead atoms. The molecule has 0 saturated heterocycles. The van der Waals surface area contributed by atoms with E-state index in [-0.39, 0.29) is 13.6 Å². The molecule has 0 N–H and O–H groups in total. The first-order chi connectivity index (χ1) is 11.7. The van der Waals surface area contributed by atoms with Gasteiger partial charge in [-0.3, -0.25) is 4.67 Å². The van der Waals surface area contributed by atoms with Crippen LogP contribution in [0.4, 0.5) is 0 Å². The Morgan fingerprint density at radius 1 is 0.750 bits per heavy atom. The summed E-state index contributed by atoms with van der Waals surface area (Å²) in [6.07, 6.45) is 0. The second kappa shape index (κ2) is 9.60. The van der Waals surface area contributed by atoms with Crippen LogP contribution in [0.25, 0.3) is 0 Å². The minimum atomic E-state index is -0.812. The second-order valence-corrected chi connectivity index (χ2v) is 7.58. The molecular formula is C18H24NO4P. The third-order valence-electron chi connectivity index (χ3n) is 3.25. The minimum Gasteiger partial charge on any atom is -0.467 e. The van der Waals surface area contributed by atoms with Crippen molar-refractivity contribution in [2.24, 2.45) is 0 Å². The fourth-order valence-electron chi connectivity index (χ4n) is 2.31. The Labute approximate surface area is 144 Å². The monoisotopic (exact) mass is 349 g/mol. The molecular weight excluding hydrogens is 325 g/mol. The first-order valence-electron chi connectivity index (χ1n) is 7.58. The molecule has 0 heterocycles. The van der Waals surface area contributed by atoms with Crippen LogP contribution in [0, 0.1) is 0 Å². The van der Waals surface area contributed by atoms with Gasteiger partial charge in [-0.25, -0.2) is 0 Å². The molecule has 0 atom stereocenters. The van der Waals surface area contributed by atoms with Crippen molar-refractivity contribution < 1.29 is 18.9 Å². The van der Waals surface area contributed by atoms with Gasteiger partial charge in [-0.1, -0.05) is 24.3 Å². The molecule has 2 aromatic rings. The summed E-state index contributed by atoms with van der Waals surface area (Å²) >= 11 is 0. The molecule has 130 valence electrons. The predicted molar refractivity (Wildman–Crippen MR) is 97.8 cm³/mol. The molecule has 0 aliphatic carbocycles. The SMILES string of the molecule is COCOc1ccccc1P(c1ccccc1OCOC)N(C)C. The Bertz CT molecular complexity index is 584.